The summed E-state index contributed by atoms with van der Waals surface area (Å²) in [5, 5.41) is 9.92. The quantitative estimate of drug-likeness (QED) is 0.753. The topological polar surface area (TPSA) is 20.2 Å². The third kappa shape index (κ3) is 2.63. The van der Waals surface area contributed by atoms with E-state index in [0.717, 1.165) is 23.5 Å². The summed E-state index contributed by atoms with van der Waals surface area (Å²) in [4.78, 5) is 0. The van der Waals surface area contributed by atoms with Gasteiger partial charge in [0.05, 0.1) is 0 Å². The first-order chi connectivity index (χ1) is 6.42. The van der Waals surface area contributed by atoms with E-state index in [4.69, 9.17) is 5.11 Å². The van der Waals surface area contributed by atoms with Crippen LogP contribution in [-0.2, 0) is 0 Å². The number of hydrogen-bond acceptors (Lipinski definition) is 2. The summed E-state index contributed by atoms with van der Waals surface area (Å²) in [5.41, 5.74) is 0. The summed E-state index contributed by atoms with van der Waals surface area (Å²) < 4.78 is 0. The van der Waals surface area contributed by atoms with Gasteiger partial charge in [-0.05, 0) is 49.7 Å². The van der Waals surface area contributed by atoms with E-state index in [9.17, 15) is 0 Å². The van der Waals surface area contributed by atoms with Gasteiger partial charge in [0.15, 0.2) is 0 Å². The molecule has 13 heavy (non-hydrogen) atoms. The highest BCUT2D eigenvalue weighted by Gasteiger charge is 2.36. The molecule has 0 bridgehead atoms. The molecule has 1 aliphatic carbocycles. The van der Waals surface area contributed by atoms with Gasteiger partial charge in [0.1, 0.15) is 0 Å². The molecule has 1 heterocycles. The maximum atomic E-state index is 9.03. The van der Waals surface area contributed by atoms with Crippen molar-refractivity contribution < 1.29 is 5.11 Å². The second-order valence-electron chi connectivity index (χ2n) is 4.42. The van der Waals surface area contributed by atoms with E-state index in [1.807, 2.05) is 0 Å². The normalized spacial score (nSPS) is 31.6. The largest absolute Gasteiger partial charge is 0.396 e. The van der Waals surface area contributed by atoms with Gasteiger partial charge in [-0.1, -0.05) is 6.42 Å². The van der Waals surface area contributed by atoms with Crippen LogP contribution in [0.1, 0.15) is 38.5 Å². The van der Waals surface area contributed by atoms with Crippen LogP contribution in [0.5, 0.6) is 0 Å². The van der Waals surface area contributed by atoms with Crippen molar-refractivity contribution in [2.24, 2.45) is 11.8 Å². The molecule has 2 aliphatic rings. The average Bonchev–Trinajstić information content (AvgIpc) is 2.99. The Kier molecular flexibility index (Phi) is 3.56. The first-order valence-corrected chi connectivity index (χ1v) is 6.69. The summed E-state index contributed by atoms with van der Waals surface area (Å²) in [7, 11) is 0. The molecule has 0 amide bonds. The highest BCUT2D eigenvalue weighted by Crippen LogP contribution is 2.45. The summed E-state index contributed by atoms with van der Waals surface area (Å²) in [5.74, 6) is 3.18. The summed E-state index contributed by atoms with van der Waals surface area (Å²) in [6.45, 7) is 0.401. The molecule has 1 nitrogen and oxygen atoms in total. The number of aliphatic hydroxyl groups is 1. The van der Waals surface area contributed by atoms with Crippen molar-refractivity contribution in [1.29, 1.82) is 0 Å². The van der Waals surface area contributed by atoms with E-state index in [-0.39, 0.29) is 0 Å². The molecular weight excluding hydrogens is 180 g/mol. The lowest BCUT2D eigenvalue weighted by atomic mass is 9.92. The lowest BCUT2D eigenvalue weighted by Gasteiger charge is -2.29. The van der Waals surface area contributed by atoms with Crippen LogP contribution >= 0.6 is 11.8 Å². The molecule has 1 saturated heterocycles. The molecular formula is C11H20OS. The van der Waals surface area contributed by atoms with Gasteiger partial charge in [0.2, 0.25) is 0 Å². The highest BCUT2D eigenvalue weighted by molar-refractivity contribution is 7.99. The molecule has 0 radical (unpaired) electrons. The van der Waals surface area contributed by atoms with Crippen LogP contribution in [-0.4, -0.2) is 22.7 Å². The monoisotopic (exact) mass is 200 g/mol. The Morgan fingerprint density at radius 3 is 2.62 bits per heavy atom. The van der Waals surface area contributed by atoms with Gasteiger partial charge in [-0.15, -0.1) is 0 Å². The SMILES string of the molecule is OCCC(C1CC1)C1CCCCS1. The molecule has 2 fully saturated rings. The number of aliphatic hydroxyl groups excluding tert-OH is 1. The fourth-order valence-corrected chi connectivity index (χ4v) is 4.11. The Morgan fingerprint density at radius 2 is 2.08 bits per heavy atom. The first-order valence-electron chi connectivity index (χ1n) is 5.64. The van der Waals surface area contributed by atoms with E-state index >= 15 is 0 Å². The number of thioether (sulfide) groups is 1. The molecule has 76 valence electrons. The van der Waals surface area contributed by atoms with Crippen LogP contribution in [0.15, 0.2) is 0 Å². The molecule has 1 saturated carbocycles. The van der Waals surface area contributed by atoms with Crippen LogP contribution in [0.2, 0.25) is 0 Å². The minimum atomic E-state index is 0.401. The lowest BCUT2D eigenvalue weighted by molar-refractivity contribution is 0.240. The zero-order valence-corrected chi connectivity index (χ0v) is 9.06. The summed E-state index contributed by atoms with van der Waals surface area (Å²) in [6, 6.07) is 0. The Hall–Kier alpha value is 0.310. The molecule has 1 N–H and O–H groups in total. The van der Waals surface area contributed by atoms with Crippen LogP contribution in [0.4, 0.5) is 0 Å². The predicted molar refractivity (Wildman–Crippen MR) is 58.0 cm³/mol. The van der Waals surface area contributed by atoms with Crippen LogP contribution in [0.3, 0.4) is 0 Å². The van der Waals surface area contributed by atoms with Crippen molar-refractivity contribution in [3.05, 3.63) is 0 Å². The van der Waals surface area contributed by atoms with Crippen molar-refractivity contribution in [2.45, 2.75) is 43.8 Å². The van der Waals surface area contributed by atoms with E-state index in [1.54, 1.807) is 0 Å². The van der Waals surface area contributed by atoms with Gasteiger partial charge in [0.25, 0.3) is 0 Å². The highest BCUT2D eigenvalue weighted by atomic mass is 32.2. The number of rotatable bonds is 4. The van der Waals surface area contributed by atoms with Gasteiger partial charge in [-0.3, -0.25) is 0 Å². The molecule has 0 aromatic carbocycles. The standard InChI is InChI=1S/C11H20OS/c12-7-6-10(9-4-5-9)11-3-1-2-8-13-11/h9-12H,1-8H2. The van der Waals surface area contributed by atoms with Crippen molar-refractivity contribution in [3.8, 4) is 0 Å². The Balaban J connectivity index is 1.84. The van der Waals surface area contributed by atoms with Gasteiger partial charge >= 0.3 is 0 Å². The van der Waals surface area contributed by atoms with Crippen molar-refractivity contribution in [1.82, 2.24) is 0 Å². The van der Waals surface area contributed by atoms with Gasteiger partial charge in [0, 0.05) is 11.9 Å². The minimum Gasteiger partial charge on any atom is -0.396 e. The van der Waals surface area contributed by atoms with E-state index in [1.165, 1.54) is 37.9 Å². The summed E-state index contributed by atoms with van der Waals surface area (Å²) in [6.07, 6.45) is 8.17. The third-order valence-electron chi connectivity index (χ3n) is 3.38. The molecule has 2 unspecified atom stereocenters. The van der Waals surface area contributed by atoms with Gasteiger partial charge in [-0.25, -0.2) is 0 Å². The van der Waals surface area contributed by atoms with E-state index in [0.29, 0.717) is 6.61 Å². The zero-order chi connectivity index (χ0) is 9.10. The lowest BCUT2D eigenvalue weighted by Crippen LogP contribution is -2.23. The Bertz CT molecular complexity index is 150. The molecule has 0 aromatic heterocycles. The maximum Gasteiger partial charge on any atom is 0.0434 e. The first kappa shape index (κ1) is 9.85. The Labute approximate surface area is 85.3 Å². The molecule has 1 aliphatic heterocycles. The van der Waals surface area contributed by atoms with Crippen LogP contribution < -0.4 is 0 Å². The van der Waals surface area contributed by atoms with Crippen molar-refractivity contribution in [2.75, 3.05) is 12.4 Å². The summed E-state index contributed by atoms with van der Waals surface area (Å²) >= 11 is 2.17. The fourth-order valence-electron chi connectivity index (χ4n) is 2.50. The van der Waals surface area contributed by atoms with E-state index in [2.05, 4.69) is 11.8 Å². The van der Waals surface area contributed by atoms with Crippen molar-refractivity contribution in [3.63, 3.8) is 0 Å². The van der Waals surface area contributed by atoms with E-state index < -0.39 is 0 Å². The fraction of sp³-hybridized carbons (Fsp3) is 1.00. The van der Waals surface area contributed by atoms with Crippen molar-refractivity contribution >= 4 is 11.8 Å². The van der Waals surface area contributed by atoms with Crippen LogP contribution in [0.25, 0.3) is 0 Å². The molecule has 0 aromatic rings. The third-order valence-corrected chi connectivity index (χ3v) is 4.92. The second-order valence-corrected chi connectivity index (χ2v) is 5.77. The molecule has 2 heteroatoms. The molecule has 2 rings (SSSR count). The molecule has 2 atom stereocenters. The smallest absolute Gasteiger partial charge is 0.0434 e. The number of hydrogen-bond donors (Lipinski definition) is 1. The Morgan fingerprint density at radius 1 is 1.23 bits per heavy atom. The minimum absolute atomic E-state index is 0.401. The average molecular weight is 200 g/mol. The maximum absolute atomic E-state index is 9.03. The predicted octanol–water partition coefficient (Wildman–Crippen LogP) is 2.68. The second kappa shape index (κ2) is 4.70. The molecule has 0 spiro atoms. The van der Waals surface area contributed by atoms with Crippen LogP contribution in [0, 0.1) is 11.8 Å². The van der Waals surface area contributed by atoms with Gasteiger partial charge < -0.3 is 5.11 Å². The zero-order valence-electron chi connectivity index (χ0n) is 8.24. The van der Waals surface area contributed by atoms with Gasteiger partial charge in [-0.2, -0.15) is 11.8 Å².